The molecule has 28 heavy (non-hydrogen) atoms. The van der Waals surface area contributed by atoms with E-state index in [2.05, 4.69) is 19.7 Å². The van der Waals surface area contributed by atoms with Crippen LogP contribution in [-0.4, -0.2) is 35.7 Å². The summed E-state index contributed by atoms with van der Waals surface area (Å²) >= 11 is 1.38. The molecule has 0 fully saturated rings. The van der Waals surface area contributed by atoms with Crippen molar-refractivity contribution in [3.8, 4) is 0 Å². The zero-order chi connectivity index (χ0) is 19.8. The number of rotatable bonds is 6. The summed E-state index contributed by atoms with van der Waals surface area (Å²) in [5.74, 6) is 1.78. The molecule has 0 saturated heterocycles. The number of aryl methyl sites for hydroxylation is 3. The molecule has 4 aromatic rings. The van der Waals surface area contributed by atoms with Gasteiger partial charge in [-0.2, -0.15) is 0 Å². The first-order valence-corrected chi connectivity index (χ1v) is 9.97. The van der Waals surface area contributed by atoms with Crippen LogP contribution in [0.5, 0.6) is 0 Å². The minimum Gasteiger partial charge on any atom is -0.467 e. The third-order valence-electron chi connectivity index (χ3n) is 4.76. The molecule has 0 radical (unpaired) electrons. The van der Waals surface area contributed by atoms with Gasteiger partial charge in [0.2, 0.25) is 0 Å². The summed E-state index contributed by atoms with van der Waals surface area (Å²) in [4.78, 5) is 17.3. The quantitative estimate of drug-likeness (QED) is 0.365. The predicted molar refractivity (Wildman–Crippen MR) is 107 cm³/mol. The maximum absolute atomic E-state index is 12.9. The van der Waals surface area contributed by atoms with Crippen molar-refractivity contribution in [3.63, 3.8) is 0 Å². The van der Waals surface area contributed by atoms with Crippen LogP contribution in [-0.2, 0) is 6.54 Å². The third kappa shape index (κ3) is 3.35. The molecular formula is C20H21N5O2S. The van der Waals surface area contributed by atoms with Gasteiger partial charge in [0, 0.05) is 28.3 Å². The Hall–Kier alpha value is -2.87. The summed E-state index contributed by atoms with van der Waals surface area (Å²) in [6.07, 6.45) is 1.66. The molecule has 0 spiro atoms. The molecule has 0 aromatic carbocycles. The molecule has 144 valence electrons. The molecule has 4 rings (SSSR count). The Morgan fingerprint density at radius 3 is 2.71 bits per heavy atom. The van der Waals surface area contributed by atoms with E-state index in [1.165, 1.54) is 11.8 Å². The summed E-state index contributed by atoms with van der Waals surface area (Å²) in [6, 6.07) is 7.72. The van der Waals surface area contributed by atoms with Gasteiger partial charge in [-0.1, -0.05) is 11.8 Å². The lowest BCUT2D eigenvalue weighted by atomic mass is 10.2. The fraction of sp³-hybridized carbons (Fsp3) is 0.300. The molecule has 0 bridgehead atoms. The molecule has 0 N–H and O–H groups in total. The summed E-state index contributed by atoms with van der Waals surface area (Å²) in [6.45, 7) is 8.50. The Labute approximate surface area is 166 Å². The van der Waals surface area contributed by atoms with E-state index in [0.29, 0.717) is 23.2 Å². The van der Waals surface area contributed by atoms with Crippen LogP contribution in [0.1, 0.15) is 38.9 Å². The zero-order valence-electron chi connectivity index (χ0n) is 16.3. The molecule has 0 aliphatic carbocycles. The van der Waals surface area contributed by atoms with Gasteiger partial charge in [-0.25, -0.2) is 4.98 Å². The minimum atomic E-state index is 0.0678. The minimum absolute atomic E-state index is 0.0678. The maximum atomic E-state index is 12.9. The monoisotopic (exact) mass is 395 g/mol. The molecule has 4 aromatic heterocycles. The highest BCUT2D eigenvalue weighted by Crippen LogP contribution is 2.23. The summed E-state index contributed by atoms with van der Waals surface area (Å²) in [5.41, 5.74) is 4.61. The molecule has 8 heteroatoms. The van der Waals surface area contributed by atoms with E-state index in [4.69, 9.17) is 4.42 Å². The number of carbonyl (C=O) groups is 1. The van der Waals surface area contributed by atoms with Crippen LogP contribution < -0.4 is 0 Å². The predicted octanol–water partition coefficient (Wildman–Crippen LogP) is 3.78. The van der Waals surface area contributed by atoms with E-state index < -0.39 is 0 Å². The van der Waals surface area contributed by atoms with Gasteiger partial charge in [0.25, 0.3) is 5.78 Å². The lowest BCUT2D eigenvalue weighted by Crippen LogP contribution is -2.08. The Kier molecular flexibility index (Phi) is 4.80. The van der Waals surface area contributed by atoms with Crippen LogP contribution in [0.2, 0.25) is 0 Å². The first kappa shape index (κ1) is 18.5. The van der Waals surface area contributed by atoms with Gasteiger partial charge in [-0.3, -0.25) is 9.20 Å². The average molecular weight is 395 g/mol. The van der Waals surface area contributed by atoms with Crippen molar-refractivity contribution in [1.82, 2.24) is 24.1 Å². The molecule has 0 amide bonds. The standard InChI is InChI=1S/C20H21N5O2S/c1-12-8-14(3)25-19(21-12)22-23-20(25)28-11-18(26)17-9-13(2)24(15(17)4)10-16-6-5-7-27-16/h5-9H,10-11H2,1-4H3. The Morgan fingerprint density at radius 2 is 1.96 bits per heavy atom. The SMILES string of the molecule is Cc1cc(C)n2c(SCC(=O)c3cc(C)n(Cc4ccco4)c3C)nnc2n1. The van der Waals surface area contributed by atoms with Crippen LogP contribution >= 0.6 is 11.8 Å². The number of ketones is 1. The van der Waals surface area contributed by atoms with E-state index in [1.807, 2.05) is 56.4 Å². The van der Waals surface area contributed by atoms with Gasteiger partial charge in [0.05, 0.1) is 18.6 Å². The number of furan rings is 1. The molecule has 7 nitrogen and oxygen atoms in total. The fourth-order valence-corrected chi connectivity index (χ4v) is 4.26. The largest absolute Gasteiger partial charge is 0.467 e. The van der Waals surface area contributed by atoms with Crippen molar-refractivity contribution in [2.75, 3.05) is 5.75 Å². The van der Waals surface area contributed by atoms with Gasteiger partial charge in [-0.05, 0) is 52.0 Å². The second kappa shape index (κ2) is 7.27. The number of aromatic nitrogens is 5. The topological polar surface area (TPSA) is 78.2 Å². The van der Waals surface area contributed by atoms with Crippen molar-refractivity contribution >= 4 is 23.3 Å². The highest BCUT2D eigenvalue weighted by molar-refractivity contribution is 7.99. The van der Waals surface area contributed by atoms with Gasteiger partial charge < -0.3 is 8.98 Å². The Morgan fingerprint density at radius 1 is 1.14 bits per heavy atom. The molecule has 0 aliphatic heterocycles. The highest BCUT2D eigenvalue weighted by atomic mass is 32.2. The smallest absolute Gasteiger partial charge is 0.256 e. The first-order valence-electron chi connectivity index (χ1n) is 8.98. The fourth-order valence-electron chi connectivity index (χ4n) is 3.39. The van der Waals surface area contributed by atoms with Crippen LogP contribution in [0, 0.1) is 27.7 Å². The Balaban J connectivity index is 1.53. The summed E-state index contributed by atoms with van der Waals surface area (Å²) in [7, 11) is 0. The van der Waals surface area contributed by atoms with Gasteiger partial charge >= 0.3 is 0 Å². The molecular weight excluding hydrogens is 374 g/mol. The van der Waals surface area contributed by atoms with E-state index in [0.717, 1.165) is 34.1 Å². The average Bonchev–Trinajstić information content (AvgIpc) is 3.36. The number of thioether (sulfide) groups is 1. The second-order valence-corrected chi connectivity index (χ2v) is 7.76. The van der Waals surface area contributed by atoms with Gasteiger partial charge in [-0.15, -0.1) is 10.2 Å². The summed E-state index contributed by atoms with van der Waals surface area (Å²) in [5, 5.41) is 9.00. The van der Waals surface area contributed by atoms with Crippen LogP contribution in [0.15, 0.2) is 40.1 Å². The molecule has 0 aliphatic rings. The number of Topliss-reactive ketones (excluding diaryl/α,β-unsaturated/α-hetero) is 1. The molecule has 4 heterocycles. The lowest BCUT2D eigenvalue weighted by molar-refractivity contribution is 0.102. The molecule has 0 saturated carbocycles. The van der Waals surface area contributed by atoms with Crippen LogP contribution in [0.3, 0.4) is 0 Å². The maximum Gasteiger partial charge on any atom is 0.256 e. The van der Waals surface area contributed by atoms with Gasteiger partial charge in [0.15, 0.2) is 10.9 Å². The van der Waals surface area contributed by atoms with E-state index in [-0.39, 0.29) is 5.78 Å². The second-order valence-electron chi connectivity index (χ2n) is 6.82. The van der Waals surface area contributed by atoms with Crippen molar-refractivity contribution in [2.45, 2.75) is 39.4 Å². The van der Waals surface area contributed by atoms with Gasteiger partial charge in [0.1, 0.15) is 5.76 Å². The van der Waals surface area contributed by atoms with Crippen LogP contribution in [0.4, 0.5) is 0 Å². The van der Waals surface area contributed by atoms with E-state index in [9.17, 15) is 4.79 Å². The lowest BCUT2D eigenvalue weighted by Gasteiger charge is -2.08. The third-order valence-corrected chi connectivity index (χ3v) is 5.69. The highest BCUT2D eigenvalue weighted by Gasteiger charge is 2.18. The summed E-state index contributed by atoms with van der Waals surface area (Å²) < 4.78 is 9.42. The normalized spacial score (nSPS) is 11.4. The number of hydrogen-bond acceptors (Lipinski definition) is 6. The first-order chi connectivity index (χ1) is 13.4. The van der Waals surface area contributed by atoms with E-state index in [1.54, 1.807) is 6.26 Å². The Bertz CT molecular complexity index is 1160. The zero-order valence-corrected chi connectivity index (χ0v) is 17.1. The number of hydrogen-bond donors (Lipinski definition) is 0. The van der Waals surface area contributed by atoms with Crippen molar-refractivity contribution in [1.29, 1.82) is 0 Å². The van der Waals surface area contributed by atoms with Crippen LogP contribution in [0.25, 0.3) is 5.78 Å². The van der Waals surface area contributed by atoms with E-state index >= 15 is 0 Å². The van der Waals surface area contributed by atoms with Crippen molar-refractivity contribution < 1.29 is 9.21 Å². The molecule has 0 unspecified atom stereocenters. The number of fused-ring (bicyclic) bond motifs is 1. The number of carbonyl (C=O) groups excluding carboxylic acids is 1. The molecule has 0 atom stereocenters. The van der Waals surface area contributed by atoms with Crippen molar-refractivity contribution in [2.24, 2.45) is 0 Å². The number of nitrogens with zero attached hydrogens (tertiary/aromatic N) is 5. The van der Waals surface area contributed by atoms with Crippen molar-refractivity contribution in [3.05, 3.63) is 64.6 Å².